The van der Waals surface area contributed by atoms with E-state index >= 15 is 0 Å². The van der Waals surface area contributed by atoms with Crippen molar-refractivity contribution in [3.63, 3.8) is 0 Å². The summed E-state index contributed by atoms with van der Waals surface area (Å²) in [5, 5.41) is 25.1. The zero-order valence-corrected chi connectivity index (χ0v) is 19.5. The van der Waals surface area contributed by atoms with Gasteiger partial charge in [0.1, 0.15) is 0 Å². The highest BCUT2D eigenvalue weighted by molar-refractivity contribution is 5.91. The van der Waals surface area contributed by atoms with Gasteiger partial charge in [-0.3, -0.25) is 0 Å². The van der Waals surface area contributed by atoms with Gasteiger partial charge in [-0.2, -0.15) is 14.9 Å². The van der Waals surface area contributed by atoms with Crippen molar-refractivity contribution in [2.24, 2.45) is 5.73 Å². The van der Waals surface area contributed by atoms with E-state index < -0.39 is 11.1 Å². The number of aryl methyl sites for hydroxylation is 1. The third-order valence-corrected chi connectivity index (χ3v) is 6.81. The normalized spacial score (nSPS) is 21.7. The summed E-state index contributed by atoms with van der Waals surface area (Å²) in [6, 6.07) is 21.8. The second-order valence-electron chi connectivity index (χ2n) is 9.89. The highest BCUT2D eigenvalue weighted by atomic mass is 16.3. The zero-order chi connectivity index (χ0) is 24.4. The predicted molar refractivity (Wildman–Crippen MR) is 134 cm³/mol. The fraction of sp³-hybridized carbons (Fsp3) is 0.214. The average molecular weight is 461 g/mol. The summed E-state index contributed by atoms with van der Waals surface area (Å²) >= 11 is 0. The summed E-state index contributed by atoms with van der Waals surface area (Å²) in [6.07, 6.45) is 2.87. The molecule has 1 fully saturated rings. The van der Waals surface area contributed by atoms with Crippen LogP contribution >= 0.6 is 0 Å². The molecule has 1 aliphatic rings. The van der Waals surface area contributed by atoms with Crippen molar-refractivity contribution in [3.8, 4) is 28.5 Å². The lowest BCUT2D eigenvalue weighted by molar-refractivity contribution is -0.0738. The summed E-state index contributed by atoms with van der Waals surface area (Å²) in [5.41, 5.74) is 12.7. The van der Waals surface area contributed by atoms with E-state index in [4.69, 9.17) is 10.7 Å². The SMILES string of the molecule is Cc1cc2ncc3cc(-c4cccc(C#N)c4)c(-c4ccc([C@]5(N)C[C@](C)(O)C5)cc4)nc3n2n1. The number of fused-ring (bicyclic) bond motifs is 3. The number of hydrogen-bond donors (Lipinski definition) is 2. The first-order valence-electron chi connectivity index (χ1n) is 11.5. The van der Waals surface area contributed by atoms with E-state index in [1.807, 2.05) is 68.6 Å². The van der Waals surface area contributed by atoms with Gasteiger partial charge in [0.05, 0.1) is 28.6 Å². The highest BCUT2D eigenvalue weighted by Crippen LogP contribution is 2.46. The van der Waals surface area contributed by atoms with Crippen molar-refractivity contribution in [2.75, 3.05) is 0 Å². The number of aromatic nitrogens is 4. The Morgan fingerprint density at radius 2 is 1.83 bits per heavy atom. The molecule has 5 aromatic rings. The molecule has 172 valence electrons. The zero-order valence-electron chi connectivity index (χ0n) is 19.5. The molecule has 7 nitrogen and oxygen atoms in total. The van der Waals surface area contributed by atoms with Gasteiger partial charge in [-0.05, 0) is 56.0 Å². The minimum Gasteiger partial charge on any atom is -0.390 e. The minimum absolute atomic E-state index is 0.521. The van der Waals surface area contributed by atoms with Gasteiger partial charge in [0.2, 0.25) is 0 Å². The number of rotatable bonds is 3. The first-order valence-corrected chi connectivity index (χ1v) is 11.5. The summed E-state index contributed by atoms with van der Waals surface area (Å²) in [4.78, 5) is 9.62. The van der Waals surface area contributed by atoms with Gasteiger partial charge in [-0.1, -0.05) is 36.4 Å². The lowest BCUT2D eigenvalue weighted by Crippen LogP contribution is -2.58. The molecule has 0 amide bonds. The average Bonchev–Trinajstić information content (AvgIpc) is 3.23. The molecule has 1 aliphatic carbocycles. The van der Waals surface area contributed by atoms with E-state index in [9.17, 15) is 10.4 Å². The molecule has 0 spiro atoms. The van der Waals surface area contributed by atoms with Crippen LogP contribution in [-0.2, 0) is 5.54 Å². The summed E-state index contributed by atoms with van der Waals surface area (Å²) < 4.78 is 1.77. The molecule has 0 aliphatic heterocycles. The third kappa shape index (κ3) is 3.55. The van der Waals surface area contributed by atoms with E-state index in [2.05, 4.69) is 22.2 Å². The molecule has 0 atom stereocenters. The molecule has 3 aromatic heterocycles. The van der Waals surface area contributed by atoms with Gasteiger partial charge >= 0.3 is 0 Å². The molecule has 6 rings (SSSR count). The first kappa shape index (κ1) is 21.4. The topological polar surface area (TPSA) is 113 Å². The van der Waals surface area contributed by atoms with Gasteiger partial charge < -0.3 is 10.8 Å². The maximum Gasteiger partial charge on any atom is 0.165 e. The van der Waals surface area contributed by atoms with E-state index in [0.29, 0.717) is 24.1 Å². The molecule has 2 aromatic carbocycles. The van der Waals surface area contributed by atoms with Crippen molar-refractivity contribution in [2.45, 2.75) is 37.8 Å². The van der Waals surface area contributed by atoms with Crippen LogP contribution in [0.3, 0.4) is 0 Å². The van der Waals surface area contributed by atoms with E-state index in [-0.39, 0.29) is 0 Å². The van der Waals surface area contributed by atoms with Crippen LogP contribution in [0, 0.1) is 18.3 Å². The lowest BCUT2D eigenvalue weighted by Gasteiger charge is -2.49. The second kappa shape index (κ2) is 7.44. The largest absolute Gasteiger partial charge is 0.390 e. The number of benzene rings is 2. The van der Waals surface area contributed by atoms with E-state index in [1.165, 1.54) is 0 Å². The second-order valence-corrected chi connectivity index (χ2v) is 9.89. The number of nitrogens with two attached hydrogens (primary N) is 1. The van der Waals surface area contributed by atoms with Crippen molar-refractivity contribution in [3.05, 3.63) is 83.7 Å². The van der Waals surface area contributed by atoms with E-state index in [1.54, 1.807) is 10.6 Å². The Bertz CT molecular complexity index is 1650. The molecule has 35 heavy (non-hydrogen) atoms. The van der Waals surface area contributed by atoms with Gasteiger partial charge in [0, 0.05) is 34.3 Å². The quantitative estimate of drug-likeness (QED) is 0.410. The Kier molecular flexibility index (Phi) is 4.55. The predicted octanol–water partition coefficient (Wildman–Crippen LogP) is 4.49. The van der Waals surface area contributed by atoms with Crippen LogP contribution in [-0.4, -0.2) is 30.3 Å². The van der Waals surface area contributed by atoms with Crippen molar-refractivity contribution >= 4 is 16.7 Å². The lowest BCUT2D eigenvalue weighted by atomic mass is 9.63. The molecule has 0 saturated heterocycles. The summed E-state index contributed by atoms with van der Waals surface area (Å²) in [5.74, 6) is 0. The first-order chi connectivity index (χ1) is 16.7. The Morgan fingerprint density at radius 1 is 1.06 bits per heavy atom. The minimum atomic E-state index is -0.715. The molecule has 1 saturated carbocycles. The van der Waals surface area contributed by atoms with Crippen LogP contribution in [0.4, 0.5) is 0 Å². The van der Waals surface area contributed by atoms with Crippen LogP contribution in [0.25, 0.3) is 39.1 Å². The fourth-order valence-corrected chi connectivity index (χ4v) is 5.32. The third-order valence-electron chi connectivity index (χ3n) is 6.81. The smallest absolute Gasteiger partial charge is 0.165 e. The molecule has 0 radical (unpaired) electrons. The van der Waals surface area contributed by atoms with Gasteiger partial charge in [0.15, 0.2) is 11.3 Å². The van der Waals surface area contributed by atoms with Crippen LogP contribution < -0.4 is 5.73 Å². The van der Waals surface area contributed by atoms with Crippen LogP contribution in [0.1, 0.15) is 36.6 Å². The monoisotopic (exact) mass is 460 g/mol. The van der Waals surface area contributed by atoms with Crippen LogP contribution in [0.5, 0.6) is 0 Å². The maximum atomic E-state index is 10.2. The summed E-state index contributed by atoms with van der Waals surface area (Å²) in [6.45, 7) is 3.75. The Balaban J connectivity index is 1.55. The summed E-state index contributed by atoms with van der Waals surface area (Å²) in [7, 11) is 0. The standard InChI is InChI=1S/C28H24N6O/c1-17-10-24-31-14-21-12-23(20-5-3-4-18(11-20)13-29)25(32-26(21)34(24)33-17)19-6-8-22(9-7-19)28(30)15-27(2,35)16-28/h3-12,14,35H,15-16,30H2,1-2H3/t27-,28-. The highest BCUT2D eigenvalue weighted by Gasteiger charge is 2.49. The van der Waals surface area contributed by atoms with Crippen molar-refractivity contribution in [1.82, 2.24) is 19.6 Å². The molecule has 7 heteroatoms. The Hall–Kier alpha value is -4.12. The van der Waals surface area contributed by atoms with Crippen molar-refractivity contribution < 1.29 is 5.11 Å². The number of nitrogens with zero attached hydrogens (tertiary/aromatic N) is 5. The van der Waals surface area contributed by atoms with E-state index in [0.717, 1.165) is 44.7 Å². The fourth-order valence-electron chi connectivity index (χ4n) is 5.32. The molecular formula is C28H24N6O. The molecule has 0 bridgehead atoms. The Labute approximate surface area is 202 Å². The van der Waals surface area contributed by atoms with Crippen LogP contribution in [0.15, 0.2) is 66.9 Å². The van der Waals surface area contributed by atoms with Crippen molar-refractivity contribution in [1.29, 1.82) is 5.26 Å². The van der Waals surface area contributed by atoms with Gasteiger partial charge in [-0.25, -0.2) is 9.97 Å². The maximum absolute atomic E-state index is 10.2. The number of nitriles is 1. The van der Waals surface area contributed by atoms with Gasteiger partial charge in [-0.15, -0.1) is 0 Å². The van der Waals surface area contributed by atoms with Crippen LogP contribution in [0.2, 0.25) is 0 Å². The molecule has 0 unspecified atom stereocenters. The van der Waals surface area contributed by atoms with Gasteiger partial charge in [0.25, 0.3) is 0 Å². The number of hydrogen-bond acceptors (Lipinski definition) is 6. The molecule has 3 N–H and O–H groups in total. The number of pyridine rings is 1. The Morgan fingerprint density at radius 3 is 2.54 bits per heavy atom. The molecule has 3 heterocycles. The number of aliphatic hydroxyl groups is 1. The molecular weight excluding hydrogens is 436 g/mol.